The van der Waals surface area contributed by atoms with E-state index in [-0.39, 0.29) is 66.2 Å². The molecular weight excluding hydrogens is 1290 g/mol. The molecule has 96 heavy (non-hydrogen) atoms. The smallest absolute Gasteiger partial charge is 0.347 e. The van der Waals surface area contributed by atoms with E-state index in [2.05, 4.69) is 45.4 Å². The van der Waals surface area contributed by atoms with Gasteiger partial charge in [0.15, 0.2) is 11.6 Å². The average molecular weight is 1370 g/mol. The van der Waals surface area contributed by atoms with Crippen molar-refractivity contribution in [2.45, 2.75) is 90.5 Å². The Bertz CT molecular complexity index is 4270. The first kappa shape index (κ1) is 69.9. The van der Waals surface area contributed by atoms with Crippen molar-refractivity contribution in [1.29, 1.82) is 0 Å². The zero-order valence-electron chi connectivity index (χ0n) is 55.6. The van der Waals surface area contributed by atoms with Gasteiger partial charge < -0.3 is 47.1 Å². The van der Waals surface area contributed by atoms with Gasteiger partial charge in [-0.15, -0.1) is 17.9 Å². The Hall–Kier alpha value is -8.88. The van der Waals surface area contributed by atoms with Crippen LogP contribution in [0.2, 0.25) is 28.2 Å². The summed E-state index contributed by atoms with van der Waals surface area (Å²) in [4.78, 5) is 34.8. The molecule has 0 aliphatic carbocycles. The number of nitrogens with zero attached hydrogens (tertiary/aromatic N) is 4. The maximum absolute atomic E-state index is 14.9. The van der Waals surface area contributed by atoms with Crippen molar-refractivity contribution >= 4 is 59.0 Å². The van der Waals surface area contributed by atoms with E-state index in [0.29, 0.717) is 88.7 Å². The number of hydrogen-bond donors (Lipinski definition) is 0. The van der Waals surface area contributed by atoms with Gasteiger partial charge in [-0.2, -0.15) is 0 Å². The van der Waals surface area contributed by atoms with Crippen molar-refractivity contribution < 1.29 is 56.2 Å². The summed E-state index contributed by atoms with van der Waals surface area (Å²) in [5.41, 5.74) is 6.09. The number of aromatic nitrogens is 4. The van der Waals surface area contributed by atoms with Crippen molar-refractivity contribution in [3.05, 3.63) is 232 Å². The van der Waals surface area contributed by atoms with Crippen molar-refractivity contribution in [3.8, 4) is 73.3 Å². The van der Waals surface area contributed by atoms with Gasteiger partial charge in [0.1, 0.15) is 64.0 Å². The summed E-state index contributed by atoms with van der Waals surface area (Å²) < 4.78 is 78.6. The van der Waals surface area contributed by atoms with E-state index < -0.39 is 37.9 Å². The lowest BCUT2D eigenvalue weighted by molar-refractivity contribution is -0.151. The molecule has 2 atom stereocenters. The van der Waals surface area contributed by atoms with Crippen LogP contribution < -0.4 is 32.8 Å². The second-order valence-corrected chi connectivity index (χ2v) is 30.7. The molecule has 3 heterocycles. The van der Waals surface area contributed by atoms with Gasteiger partial charge >= 0.3 is 5.97 Å². The number of fused-ring (bicyclic) bond motifs is 1. The highest BCUT2D eigenvalue weighted by atomic mass is 35.5. The third kappa shape index (κ3) is 15.3. The topological polar surface area (TPSA) is 161 Å². The molecule has 0 unspecified atom stereocenters. The Morgan fingerprint density at radius 3 is 1.98 bits per heavy atom. The monoisotopic (exact) mass is 1370 g/mol. The van der Waals surface area contributed by atoms with Gasteiger partial charge in [-0.25, -0.2) is 29.1 Å². The van der Waals surface area contributed by atoms with E-state index in [4.69, 9.17) is 85.2 Å². The highest BCUT2D eigenvalue weighted by Crippen LogP contribution is 2.54. The lowest BCUT2D eigenvalue weighted by atomic mass is 9.80. The number of halogens is 3. The Morgan fingerprint density at radius 2 is 1.35 bits per heavy atom. The Morgan fingerprint density at radius 1 is 0.719 bits per heavy atom. The molecule has 0 saturated carbocycles. The number of carbonyl (C=O) groups excluding carboxylic acids is 1. The molecule has 0 amide bonds. The number of rotatable bonds is 29. The highest BCUT2D eigenvalue weighted by Gasteiger charge is 2.41. The summed E-state index contributed by atoms with van der Waals surface area (Å²) in [7, 11) is 2.45. The standard InChI is InChI=1S/C76H77Cl2FN4O11SSi/c1-13-40-88-44-59(45-91-76(51-20-16-15-17-21-51,52-26-32-56(85-8)33-27-52)53-28-34-57(86-9)35-29-53)92-69-67(77)47(3)64(48(4)68(69)78)65-66-72(81-46-82-73(66)95-70(65)49-24-30-54(79)31-25-49)93-63(74(84)89-14-2)42-50-41-58(94-96(11,12)75(5,6)7)36-37-61(50)90-43-55-38-39-80-71(83-55)60-22-18-19-23-62(60)87-10/h13,15-39,41,46,59,63H,1,14,40,42-45H2,2-12H3/t59-,63-/m1/s1. The molecular formula is C76H77Cl2FN4O11SSi. The molecule has 10 rings (SSSR count). The van der Waals surface area contributed by atoms with Gasteiger partial charge in [-0.3, -0.25) is 0 Å². The minimum atomic E-state index is -2.40. The van der Waals surface area contributed by atoms with Crippen molar-refractivity contribution in [3.63, 3.8) is 0 Å². The molecule has 0 fully saturated rings. The number of carbonyl (C=O) groups is 1. The zero-order valence-corrected chi connectivity index (χ0v) is 58.9. The largest absolute Gasteiger partial charge is 0.543 e. The lowest BCUT2D eigenvalue weighted by Crippen LogP contribution is -2.43. The van der Waals surface area contributed by atoms with Gasteiger partial charge in [0.25, 0.3) is 0 Å². The van der Waals surface area contributed by atoms with E-state index in [0.717, 1.165) is 22.3 Å². The van der Waals surface area contributed by atoms with E-state index in [9.17, 15) is 9.18 Å². The van der Waals surface area contributed by atoms with Crippen LogP contribution in [-0.2, 0) is 37.6 Å². The predicted octanol–water partition coefficient (Wildman–Crippen LogP) is 18.0. The third-order valence-electron chi connectivity index (χ3n) is 17.0. The molecule has 15 nitrogen and oxygen atoms in total. The van der Waals surface area contributed by atoms with Crippen LogP contribution in [0.4, 0.5) is 4.39 Å². The first-order valence-electron chi connectivity index (χ1n) is 31.3. The first-order chi connectivity index (χ1) is 46.2. The van der Waals surface area contributed by atoms with Gasteiger partial charge in [-0.1, -0.05) is 129 Å². The maximum Gasteiger partial charge on any atom is 0.347 e. The molecule has 10 aromatic rings. The number of benzene rings is 7. The van der Waals surface area contributed by atoms with E-state index in [1.54, 1.807) is 58.7 Å². The van der Waals surface area contributed by atoms with Crippen LogP contribution in [0, 0.1) is 19.7 Å². The minimum Gasteiger partial charge on any atom is -0.543 e. The van der Waals surface area contributed by atoms with Crippen LogP contribution in [0.5, 0.6) is 40.4 Å². The van der Waals surface area contributed by atoms with Crippen molar-refractivity contribution in [2.24, 2.45) is 0 Å². The molecule has 0 aliphatic heterocycles. The molecule has 20 heteroatoms. The fraction of sp³-hybridized carbons (Fsp3) is 0.276. The zero-order chi connectivity index (χ0) is 68.3. The van der Waals surface area contributed by atoms with Crippen LogP contribution in [0.3, 0.4) is 0 Å². The predicted molar refractivity (Wildman–Crippen MR) is 379 cm³/mol. The Labute approximate surface area is 575 Å². The summed E-state index contributed by atoms with van der Waals surface area (Å²) in [6.07, 6.45) is 2.48. The minimum absolute atomic E-state index is 0.0350. The van der Waals surface area contributed by atoms with Crippen molar-refractivity contribution in [1.82, 2.24) is 19.9 Å². The first-order valence-corrected chi connectivity index (χ1v) is 35.8. The summed E-state index contributed by atoms with van der Waals surface area (Å²) in [5, 5.41) is 0.668. The van der Waals surface area contributed by atoms with Crippen LogP contribution in [0.1, 0.15) is 66.8 Å². The number of methoxy groups -OCH3 is 3. The normalized spacial score (nSPS) is 12.4. The van der Waals surface area contributed by atoms with Crippen molar-refractivity contribution in [2.75, 3.05) is 47.8 Å². The molecule has 0 saturated heterocycles. The summed E-state index contributed by atoms with van der Waals surface area (Å²) in [6.45, 7) is 20.5. The summed E-state index contributed by atoms with van der Waals surface area (Å²) >= 11 is 16.7. The van der Waals surface area contributed by atoms with Gasteiger partial charge in [0, 0.05) is 28.6 Å². The molecule has 0 spiro atoms. The number of thiophene rings is 1. The molecule has 0 N–H and O–H groups in total. The van der Waals surface area contributed by atoms with Crippen LogP contribution >= 0.6 is 34.5 Å². The van der Waals surface area contributed by atoms with Gasteiger partial charge in [0.05, 0.1) is 74.4 Å². The van der Waals surface area contributed by atoms with E-state index in [1.165, 1.54) is 29.8 Å². The fourth-order valence-electron chi connectivity index (χ4n) is 11.0. The van der Waals surface area contributed by atoms with E-state index in [1.807, 2.05) is 135 Å². The molecule has 0 aliphatic rings. The Balaban J connectivity index is 1.06. The van der Waals surface area contributed by atoms with E-state index >= 15 is 0 Å². The SMILES string of the molecule is C=CCOC[C@H](COC(c1ccccc1)(c1ccc(OC)cc1)c1ccc(OC)cc1)Oc1c(Cl)c(C)c(-c2c(-c3ccc(F)cc3)sc3ncnc(O[C@H](Cc4cc(O[Si](C)(C)C(C)(C)C)ccc4OCc4ccnc(-c5ccccc5OC)n4)C(=O)OCC)c23)c(C)c1Cl. The average Bonchev–Trinajstić information content (AvgIpc) is 1.46. The molecule has 0 radical (unpaired) electrons. The highest BCUT2D eigenvalue weighted by molar-refractivity contribution is 7.22. The summed E-state index contributed by atoms with van der Waals surface area (Å²) in [5.74, 6) is 2.62. The number of hydrogen-bond acceptors (Lipinski definition) is 16. The van der Waals surface area contributed by atoms with Gasteiger partial charge in [0.2, 0.25) is 20.3 Å². The molecule has 498 valence electrons. The van der Waals surface area contributed by atoms with Crippen LogP contribution in [-0.4, -0.2) is 94.2 Å². The fourth-order valence-corrected chi connectivity index (χ4v) is 13.7. The molecule has 0 bridgehead atoms. The number of para-hydroxylation sites is 1. The number of ether oxygens (including phenoxy) is 9. The van der Waals surface area contributed by atoms with Crippen LogP contribution in [0.25, 0.3) is 43.2 Å². The molecule has 3 aromatic heterocycles. The second-order valence-electron chi connectivity index (χ2n) is 24.2. The third-order valence-corrected chi connectivity index (χ3v) is 23.4. The second kappa shape index (κ2) is 30.9. The quantitative estimate of drug-likeness (QED) is 0.0143. The lowest BCUT2D eigenvalue weighted by Gasteiger charge is -2.37. The number of esters is 1. The van der Waals surface area contributed by atoms with Crippen LogP contribution in [0.15, 0.2) is 177 Å². The maximum atomic E-state index is 14.9. The van der Waals surface area contributed by atoms with Gasteiger partial charge in [-0.05, 0) is 151 Å². The molecule has 7 aromatic carbocycles. The Kier molecular flexibility index (Phi) is 22.5. The summed E-state index contributed by atoms with van der Waals surface area (Å²) in [6, 6.07) is 46.5.